The van der Waals surface area contributed by atoms with E-state index in [0.717, 1.165) is 0 Å². The van der Waals surface area contributed by atoms with Crippen molar-refractivity contribution in [2.45, 2.75) is 6.04 Å². The van der Waals surface area contributed by atoms with Gasteiger partial charge in [-0.1, -0.05) is 0 Å². The fourth-order valence-electron chi connectivity index (χ4n) is 0.182. The van der Waals surface area contributed by atoms with E-state index in [1.165, 1.54) is 0 Å². The second-order valence-corrected chi connectivity index (χ2v) is 2.74. The quantitative estimate of drug-likeness (QED) is 0.520. The van der Waals surface area contributed by atoms with Gasteiger partial charge in [-0.3, -0.25) is 0 Å². The molecule has 0 aliphatic carbocycles. The average molecular weight is 321 g/mol. The van der Waals surface area contributed by atoms with Crippen molar-refractivity contribution in [3.63, 3.8) is 0 Å². The maximum atomic E-state index is 10.4. The maximum absolute atomic E-state index is 10.4. The molecule has 0 aromatic carbocycles. The Bertz CT molecular complexity index is 89.4. The topological polar surface area (TPSA) is 52.3 Å². The van der Waals surface area contributed by atoms with Crippen molar-refractivity contribution < 1.29 is 34.0 Å². The second-order valence-electron chi connectivity index (χ2n) is 1.25. The molecule has 0 heterocycles. The van der Waals surface area contributed by atoms with Crippen LogP contribution in [0.3, 0.4) is 0 Å². The molecular weight excluding hydrogens is 315 g/mol. The summed E-state index contributed by atoms with van der Waals surface area (Å²) >= 11 is 3.86. The average Bonchev–Trinajstić information content (AvgIpc) is 1.84. The van der Waals surface area contributed by atoms with Crippen molar-refractivity contribution in [1.82, 2.24) is 0 Å². The van der Waals surface area contributed by atoms with Crippen molar-refractivity contribution in [2.24, 2.45) is 5.73 Å². The Morgan fingerprint density at radius 2 is 2.50 bits per heavy atom. The van der Waals surface area contributed by atoms with Crippen molar-refractivity contribution in [3.8, 4) is 0 Å². The summed E-state index contributed by atoms with van der Waals surface area (Å²) in [6.07, 6.45) is 0. The van der Waals surface area contributed by atoms with E-state index in [-0.39, 0.29) is 32.5 Å². The minimum absolute atomic E-state index is 0.0576. The molecule has 2 N–H and O–H groups in total. The van der Waals surface area contributed by atoms with Gasteiger partial charge >= 0.3 is 70.1 Å². The Morgan fingerprint density at radius 3 is 2.62 bits per heavy atom. The SMILES string of the molecule is N[C@@H](CS)C(=O)[O][Hg]. The molecule has 8 heavy (non-hydrogen) atoms. The summed E-state index contributed by atoms with van der Waals surface area (Å²) in [6.45, 7) is 0. The zero-order valence-corrected chi connectivity index (χ0v) is 10.7. The first kappa shape index (κ1) is 8.72. The second kappa shape index (κ2) is 4.58. The Morgan fingerprint density at radius 1 is 2.00 bits per heavy atom. The van der Waals surface area contributed by atoms with E-state index >= 15 is 0 Å². The first-order valence-electron chi connectivity index (χ1n) is 2.04. The summed E-state index contributed by atoms with van der Waals surface area (Å²) in [7, 11) is 0. The third kappa shape index (κ3) is 2.89. The number of carbonyl (C=O) groups is 1. The summed E-state index contributed by atoms with van der Waals surface area (Å²) in [5.74, 6) is 0.0269. The normalized spacial score (nSPS) is 13.0. The Hall–Kier alpha value is 0.715. The van der Waals surface area contributed by atoms with Crippen molar-refractivity contribution >= 4 is 18.6 Å². The Balaban J connectivity index is 3.46. The molecule has 0 bridgehead atoms. The fourth-order valence-corrected chi connectivity index (χ4v) is 1.16. The van der Waals surface area contributed by atoms with Crippen LogP contribution in [0.2, 0.25) is 0 Å². The first-order chi connectivity index (χ1) is 3.72. The molecule has 0 aromatic heterocycles. The summed E-state index contributed by atoms with van der Waals surface area (Å²) in [6, 6.07) is -0.532. The van der Waals surface area contributed by atoms with Gasteiger partial charge in [-0.25, -0.2) is 0 Å². The van der Waals surface area contributed by atoms with Crippen LogP contribution in [-0.4, -0.2) is 17.8 Å². The van der Waals surface area contributed by atoms with E-state index in [9.17, 15) is 4.79 Å². The molecule has 0 aliphatic heterocycles. The molecule has 0 saturated heterocycles. The van der Waals surface area contributed by atoms with Gasteiger partial charge in [-0.15, -0.1) is 0 Å². The van der Waals surface area contributed by atoms with Crippen molar-refractivity contribution in [1.29, 1.82) is 0 Å². The van der Waals surface area contributed by atoms with E-state index in [1.54, 1.807) is 0 Å². The molecule has 0 unspecified atom stereocenters. The van der Waals surface area contributed by atoms with E-state index in [2.05, 4.69) is 15.3 Å². The summed E-state index contributed by atoms with van der Waals surface area (Å²) in [5.41, 5.74) is 5.21. The van der Waals surface area contributed by atoms with Crippen LogP contribution in [0.15, 0.2) is 0 Å². The summed E-state index contributed by atoms with van der Waals surface area (Å²) in [5, 5.41) is 0. The molecule has 0 aliphatic rings. The van der Waals surface area contributed by atoms with Crippen molar-refractivity contribution in [3.05, 3.63) is 0 Å². The molecule has 0 amide bonds. The van der Waals surface area contributed by atoms with Crippen LogP contribution in [0.25, 0.3) is 0 Å². The molecular formula is C3H6HgNO2S. The van der Waals surface area contributed by atoms with Gasteiger partial charge in [0.05, 0.1) is 0 Å². The van der Waals surface area contributed by atoms with Crippen LogP contribution in [0, 0.1) is 0 Å². The number of carbonyl (C=O) groups excluding carboxylic acids is 1. The summed E-state index contributed by atoms with van der Waals surface area (Å²) in [4.78, 5) is 10.4. The van der Waals surface area contributed by atoms with E-state index in [1.807, 2.05) is 0 Å². The number of rotatable bonds is 2. The standard InChI is InChI=1S/C3H7NO2S.Hg/c4-2(1-7)3(5)6;/h2,7H,1,4H2,(H,5,6);/q;+1/p-1/t2-;/m0./s1. The van der Waals surface area contributed by atoms with Gasteiger partial charge in [0.2, 0.25) is 0 Å². The third-order valence-corrected chi connectivity index (χ3v) is 2.14. The number of hydrogen-bond donors (Lipinski definition) is 2. The van der Waals surface area contributed by atoms with Crippen LogP contribution >= 0.6 is 12.6 Å². The van der Waals surface area contributed by atoms with Gasteiger partial charge in [0.1, 0.15) is 0 Å². The predicted octanol–water partition coefficient (Wildman–Crippen LogP) is -0.752. The molecule has 0 spiro atoms. The van der Waals surface area contributed by atoms with Crippen LogP contribution in [0.1, 0.15) is 0 Å². The first-order valence-corrected chi connectivity index (χ1v) is 4.92. The van der Waals surface area contributed by atoms with Gasteiger partial charge in [0.25, 0.3) is 0 Å². The molecule has 0 aromatic rings. The zero-order valence-electron chi connectivity index (χ0n) is 4.33. The number of nitrogens with two attached hydrogens (primary N) is 1. The Kier molecular flexibility index (Phi) is 4.99. The molecule has 0 radical (unpaired) electrons. The third-order valence-electron chi connectivity index (χ3n) is 0.642. The monoisotopic (exact) mass is 322 g/mol. The van der Waals surface area contributed by atoms with Gasteiger partial charge in [0, 0.05) is 0 Å². The fraction of sp³-hybridized carbons (Fsp3) is 0.667. The van der Waals surface area contributed by atoms with Gasteiger partial charge in [-0.05, 0) is 0 Å². The van der Waals surface area contributed by atoms with E-state index in [0.29, 0.717) is 5.75 Å². The number of thiol groups is 1. The molecule has 0 fully saturated rings. The van der Waals surface area contributed by atoms with Crippen LogP contribution in [-0.2, 0) is 34.0 Å². The molecule has 43 valence electrons. The van der Waals surface area contributed by atoms with E-state index in [4.69, 9.17) is 5.73 Å². The Labute approximate surface area is 70.0 Å². The molecule has 1 atom stereocenters. The van der Waals surface area contributed by atoms with Crippen molar-refractivity contribution in [2.75, 3.05) is 5.75 Å². The molecule has 3 nitrogen and oxygen atoms in total. The summed E-state index contributed by atoms with van der Waals surface area (Å²) < 4.78 is 4.48. The van der Waals surface area contributed by atoms with E-state index < -0.39 is 6.04 Å². The van der Waals surface area contributed by atoms with Crippen LogP contribution < -0.4 is 5.73 Å². The van der Waals surface area contributed by atoms with Gasteiger partial charge < -0.3 is 0 Å². The molecule has 5 heteroatoms. The number of hydrogen-bond acceptors (Lipinski definition) is 4. The zero-order chi connectivity index (χ0) is 6.57. The molecule has 0 saturated carbocycles. The van der Waals surface area contributed by atoms with Gasteiger partial charge in [-0.2, -0.15) is 0 Å². The van der Waals surface area contributed by atoms with Crippen LogP contribution in [0.5, 0.6) is 0 Å². The van der Waals surface area contributed by atoms with Crippen LogP contribution in [0.4, 0.5) is 0 Å². The molecule has 0 rings (SSSR count). The minimum atomic E-state index is -0.532. The van der Waals surface area contributed by atoms with Gasteiger partial charge in [0.15, 0.2) is 0 Å². The predicted molar refractivity (Wildman–Crippen MR) is 27.9 cm³/mol.